The van der Waals surface area contributed by atoms with E-state index in [9.17, 15) is 9.41 Å². The van der Waals surface area contributed by atoms with Crippen molar-refractivity contribution in [1.82, 2.24) is 15.0 Å². The number of hydrogen-bond acceptors (Lipinski definition) is 8. The number of fused-ring (bicyclic) bond motifs is 2. The molecule has 1 saturated carbocycles. The first-order valence-corrected chi connectivity index (χ1v) is 10.2. The lowest BCUT2D eigenvalue weighted by Gasteiger charge is -2.34. The van der Waals surface area contributed by atoms with Crippen molar-refractivity contribution in [3.63, 3.8) is 0 Å². The predicted octanol–water partition coefficient (Wildman–Crippen LogP) is 2.74. The van der Waals surface area contributed by atoms with E-state index in [-0.39, 0.29) is 18.8 Å². The van der Waals surface area contributed by atoms with Crippen LogP contribution in [0.15, 0.2) is 18.2 Å². The summed E-state index contributed by atoms with van der Waals surface area (Å²) in [7, 11) is 0.875. The minimum absolute atomic E-state index is 0.0260. The van der Waals surface area contributed by atoms with Gasteiger partial charge in [-0.3, -0.25) is 0 Å². The quantitative estimate of drug-likeness (QED) is 0.538. The summed E-state index contributed by atoms with van der Waals surface area (Å²) >= 11 is 7.27. The third-order valence-electron chi connectivity index (χ3n) is 5.19. The Bertz CT molecular complexity index is 842. The highest BCUT2D eigenvalue weighted by molar-refractivity contribution is 7.16. The van der Waals surface area contributed by atoms with E-state index in [0.29, 0.717) is 39.5 Å². The third kappa shape index (κ3) is 3.71. The molecule has 1 aromatic carbocycles. The summed E-state index contributed by atoms with van der Waals surface area (Å²) in [6, 6.07) is 4.88. The molecule has 1 N–H and O–H groups in total. The molecule has 2 heterocycles. The van der Waals surface area contributed by atoms with Crippen LogP contribution in [0, 0.1) is 5.92 Å². The lowest BCUT2D eigenvalue weighted by Crippen LogP contribution is -2.53. The highest BCUT2D eigenvalue weighted by atomic mass is 35.5. The predicted molar refractivity (Wildman–Crippen MR) is 105 cm³/mol. The van der Waals surface area contributed by atoms with Crippen molar-refractivity contribution in [2.45, 2.75) is 31.6 Å². The monoisotopic (exact) mass is 427 g/mol. The topological polar surface area (TPSA) is 76.9 Å². The van der Waals surface area contributed by atoms with Crippen molar-refractivity contribution >= 4 is 30.0 Å². The number of rotatable bonds is 7. The lowest BCUT2D eigenvalue weighted by atomic mass is 9.82. The van der Waals surface area contributed by atoms with Gasteiger partial charge in [-0.25, -0.2) is 4.39 Å². The molecule has 4 rings (SSSR count). The van der Waals surface area contributed by atoms with Gasteiger partial charge in [0.1, 0.15) is 11.9 Å². The number of methoxy groups -OCH3 is 1. The number of benzene rings is 1. The van der Waals surface area contributed by atoms with E-state index in [4.69, 9.17) is 25.8 Å². The Morgan fingerprint density at radius 1 is 1.43 bits per heavy atom. The van der Waals surface area contributed by atoms with Gasteiger partial charge in [0.15, 0.2) is 18.0 Å². The van der Waals surface area contributed by atoms with Crippen LogP contribution in [0.4, 0.5) is 4.39 Å². The number of hydrogen-bond donors (Lipinski definition) is 1. The fourth-order valence-corrected chi connectivity index (χ4v) is 4.87. The molecule has 2 bridgehead atoms. The molecule has 11 heteroatoms. The molecular formula is C17H20BClFN3O4S. The van der Waals surface area contributed by atoms with Crippen LogP contribution in [0.3, 0.4) is 0 Å². The molecule has 28 heavy (non-hydrogen) atoms. The Hall–Kier alpha value is -1.46. The van der Waals surface area contributed by atoms with Crippen molar-refractivity contribution in [3.8, 4) is 21.5 Å². The Labute approximate surface area is 171 Å². The van der Waals surface area contributed by atoms with Gasteiger partial charge >= 0.3 is 7.05 Å². The zero-order chi connectivity index (χ0) is 19.8. The van der Waals surface area contributed by atoms with E-state index in [0.717, 1.165) is 0 Å². The van der Waals surface area contributed by atoms with Gasteiger partial charge < -0.3 is 24.0 Å². The van der Waals surface area contributed by atoms with Crippen LogP contribution in [-0.2, 0) is 4.74 Å². The van der Waals surface area contributed by atoms with Crippen LogP contribution in [0.2, 0.25) is 11.8 Å². The molecule has 1 aliphatic carbocycles. The molecule has 1 aliphatic heterocycles. The summed E-state index contributed by atoms with van der Waals surface area (Å²) < 4.78 is 31.2. The zero-order valence-corrected chi connectivity index (χ0v) is 17.0. The van der Waals surface area contributed by atoms with Gasteiger partial charge in [-0.15, -0.1) is 5.10 Å². The van der Waals surface area contributed by atoms with Crippen LogP contribution in [0.25, 0.3) is 10.6 Å². The van der Waals surface area contributed by atoms with Crippen molar-refractivity contribution in [2.75, 3.05) is 20.4 Å². The Balaban J connectivity index is 1.49. The molecule has 4 atom stereocenters. The molecule has 2 fully saturated rings. The molecule has 2 aromatic rings. The number of aromatic nitrogens is 2. The highest BCUT2D eigenvalue weighted by Gasteiger charge is 2.55. The maximum atomic E-state index is 14.8. The molecule has 7 nitrogen and oxygen atoms in total. The van der Waals surface area contributed by atoms with Gasteiger partial charge in [0.05, 0.1) is 5.56 Å². The summed E-state index contributed by atoms with van der Waals surface area (Å²) in [5, 5.41) is 19.4. The van der Waals surface area contributed by atoms with Gasteiger partial charge in [-0.1, -0.05) is 28.0 Å². The molecule has 2 unspecified atom stereocenters. The van der Waals surface area contributed by atoms with Gasteiger partial charge in [0, 0.05) is 24.1 Å². The molecule has 0 amide bonds. The van der Waals surface area contributed by atoms with E-state index < -0.39 is 19.3 Å². The van der Waals surface area contributed by atoms with E-state index >= 15 is 0 Å². The normalized spacial score (nSPS) is 26.6. The average Bonchev–Trinajstić information content (AvgIpc) is 3.37. The molecule has 1 aromatic heterocycles. The van der Waals surface area contributed by atoms with Crippen molar-refractivity contribution in [3.05, 3.63) is 23.2 Å². The molecule has 150 valence electrons. The SMILES string of the molecule is COCOc1cc(Cl)ccc1-c1nnc(O[C@@H]2C3CC([C@H]2F)N(B(C)O)C3)s1. The van der Waals surface area contributed by atoms with E-state index in [1.807, 2.05) is 0 Å². The molecule has 0 radical (unpaired) electrons. The van der Waals surface area contributed by atoms with Gasteiger partial charge in [-0.2, -0.15) is 0 Å². The average molecular weight is 428 g/mol. The number of piperidine rings is 1. The van der Waals surface area contributed by atoms with Crippen molar-refractivity contribution in [2.24, 2.45) is 5.92 Å². The Kier molecular flexibility index (Phi) is 5.75. The largest absolute Gasteiger partial charge is 0.467 e. The maximum absolute atomic E-state index is 14.8. The van der Waals surface area contributed by atoms with Crippen molar-refractivity contribution in [1.29, 1.82) is 0 Å². The third-order valence-corrected chi connectivity index (χ3v) is 6.27. The van der Waals surface area contributed by atoms with Crippen LogP contribution < -0.4 is 9.47 Å². The van der Waals surface area contributed by atoms with E-state index in [1.165, 1.54) is 18.4 Å². The molecule has 1 saturated heterocycles. The fourth-order valence-electron chi connectivity index (χ4n) is 3.94. The summed E-state index contributed by atoms with van der Waals surface area (Å²) in [5.41, 5.74) is 0.707. The van der Waals surface area contributed by atoms with Crippen LogP contribution in [0.5, 0.6) is 10.9 Å². The fraction of sp³-hybridized carbons (Fsp3) is 0.529. The van der Waals surface area contributed by atoms with Gasteiger partial charge in [-0.05, 0) is 38.0 Å². The zero-order valence-electron chi connectivity index (χ0n) is 15.4. The second-order valence-corrected chi connectivity index (χ2v) is 8.36. The van der Waals surface area contributed by atoms with Crippen LogP contribution in [-0.4, -0.2) is 65.8 Å². The maximum Gasteiger partial charge on any atom is 0.376 e. The first kappa shape index (κ1) is 19.8. The minimum atomic E-state index is -1.17. The minimum Gasteiger partial charge on any atom is -0.467 e. The summed E-state index contributed by atoms with van der Waals surface area (Å²) in [5.74, 6) is 0.547. The van der Waals surface area contributed by atoms with Gasteiger partial charge in [0.25, 0.3) is 5.19 Å². The number of alkyl halides is 1. The molecular weight excluding hydrogens is 408 g/mol. The molecule has 2 aliphatic rings. The Morgan fingerprint density at radius 3 is 2.96 bits per heavy atom. The second kappa shape index (κ2) is 8.12. The summed E-state index contributed by atoms with van der Waals surface area (Å²) in [6.07, 6.45) is -1.07. The number of halogens is 2. The smallest absolute Gasteiger partial charge is 0.376 e. The lowest BCUT2D eigenvalue weighted by molar-refractivity contribution is 0.0363. The number of nitrogens with zero attached hydrogens (tertiary/aromatic N) is 3. The highest BCUT2D eigenvalue weighted by Crippen LogP contribution is 2.43. The summed E-state index contributed by atoms with van der Waals surface area (Å²) in [6.45, 7) is 2.35. The standard InChI is InChI=1S/C17H20BClFN3O4S/c1-18(24)23-7-9-5-12(23)14(20)15(9)27-17-22-21-16(28-17)11-4-3-10(19)6-13(11)26-8-25-2/h3-4,6,9,12,14-15,24H,5,7-8H2,1-2H3/t9?,12?,14-,15-/m1/s1. The second-order valence-electron chi connectivity index (χ2n) is 6.98. The van der Waals surface area contributed by atoms with Crippen LogP contribution >= 0.6 is 22.9 Å². The van der Waals surface area contributed by atoms with E-state index in [2.05, 4.69) is 10.2 Å². The van der Waals surface area contributed by atoms with Crippen LogP contribution in [0.1, 0.15) is 6.42 Å². The first-order valence-electron chi connectivity index (χ1n) is 8.97. The van der Waals surface area contributed by atoms with Gasteiger partial charge in [0.2, 0.25) is 0 Å². The Morgan fingerprint density at radius 2 is 2.25 bits per heavy atom. The molecule has 0 spiro atoms. The number of ether oxygens (including phenoxy) is 3. The van der Waals surface area contributed by atoms with E-state index in [1.54, 1.807) is 29.8 Å². The first-order chi connectivity index (χ1) is 13.5. The van der Waals surface area contributed by atoms with Crippen molar-refractivity contribution < 1.29 is 23.6 Å². The summed E-state index contributed by atoms with van der Waals surface area (Å²) in [4.78, 5) is 1.79.